The van der Waals surface area contributed by atoms with E-state index in [4.69, 9.17) is 5.11 Å². The first-order valence-electron chi connectivity index (χ1n) is 6.41. The summed E-state index contributed by atoms with van der Waals surface area (Å²) in [6.45, 7) is 2.10. The second-order valence-corrected chi connectivity index (χ2v) is 4.98. The molecule has 2 amide bonds. The molecule has 0 saturated carbocycles. The van der Waals surface area contributed by atoms with Crippen LogP contribution >= 0.6 is 0 Å². The van der Waals surface area contributed by atoms with Crippen LogP contribution in [0, 0.1) is 0 Å². The Morgan fingerprint density at radius 1 is 1.44 bits per heavy atom. The average Bonchev–Trinajstić information content (AvgIpc) is 2.71. The van der Waals surface area contributed by atoms with Crippen LogP contribution in [-0.2, 0) is 4.79 Å². The average molecular weight is 257 g/mol. The zero-order valence-corrected chi connectivity index (χ0v) is 11.2. The number of urea groups is 1. The Kier molecular flexibility index (Phi) is 5.91. The highest BCUT2D eigenvalue weighted by molar-refractivity contribution is 5.75. The topological polar surface area (TPSA) is 72.9 Å². The third-order valence-electron chi connectivity index (χ3n) is 3.06. The number of carboxylic acids is 1. The van der Waals surface area contributed by atoms with E-state index in [1.807, 2.05) is 19.0 Å². The van der Waals surface area contributed by atoms with E-state index in [1.54, 1.807) is 0 Å². The first kappa shape index (κ1) is 14.8. The number of carbonyl (C=O) groups excluding carboxylic acids is 1. The molecule has 0 radical (unpaired) electrons. The number of likely N-dealkylation sites (tertiary alicyclic amines) is 1. The summed E-state index contributed by atoms with van der Waals surface area (Å²) in [5.74, 6) is -0.823. The van der Waals surface area contributed by atoms with Gasteiger partial charge in [0, 0.05) is 32.1 Å². The molecular formula is C12H23N3O3. The van der Waals surface area contributed by atoms with Gasteiger partial charge in [-0.2, -0.15) is 0 Å². The first-order chi connectivity index (χ1) is 8.50. The summed E-state index contributed by atoms with van der Waals surface area (Å²) in [6.07, 6.45) is 2.66. The van der Waals surface area contributed by atoms with Crippen molar-refractivity contribution in [3.63, 3.8) is 0 Å². The normalized spacial score (nSPS) is 19.3. The molecule has 1 aliphatic rings. The maximum Gasteiger partial charge on any atom is 0.317 e. The van der Waals surface area contributed by atoms with Crippen LogP contribution in [0.3, 0.4) is 0 Å². The number of nitrogens with zero attached hydrogens (tertiary/aromatic N) is 2. The quantitative estimate of drug-likeness (QED) is 0.683. The van der Waals surface area contributed by atoms with Crippen LogP contribution in [0.5, 0.6) is 0 Å². The molecule has 0 aromatic carbocycles. The summed E-state index contributed by atoms with van der Waals surface area (Å²) in [5.41, 5.74) is 0. The highest BCUT2D eigenvalue weighted by Gasteiger charge is 2.28. The van der Waals surface area contributed by atoms with Crippen molar-refractivity contribution >= 4 is 12.0 Å². The summed E-state index contributed by atoms with van der Waals surface area (Å²) in [6, 6.07) is 0.212. The number of hydrogen-bond donors (Lipinski definition) is 2. The van der Waals surface area contributed by atoms with Crippen LogP contribution in [0.4, 0.5) is 4.79 Å². The smallest absolute Gasteiger partial charge is 0.317 e. The second kappa shape index (κ2) is 7.20. The van der Waals surface area contributed by atoms with Gasteiger partial charge in [-0.25, -0.2) is 4.79 Å². The van der Waals surface area contributed by atoms with E-state index in [0.29, 0.717) is 13.0 Å². The molecule has 2 N–H and O–H groups in total. The predicted octanol–water partition coefficient (Wildman–Crippen LogP) is 0.587. The summed E-state index contributed by atoms with van der Waals surface area (Å²) in [5, 5.41) is 11.3. The molecule has 0 aromatic heterocycles. The van der Waals surface area contributed by atoms with Crippen LogP contribution < -0.4 is 5.32 Å². The summed E-state index contributed by atoms with van der Waals surface area (Å²) >= 11 is 0. The van der Waals surface area contributed by atoms with Gasteiger partial charge in [0.1, 0.15) is 0 Å². The van der Waals surface area contributed by atoms with Crippen molar-refractivity contribution in [2.45, 2.75) is 31.7 Å². The minimum absolute atomic E-state index is 0.0651. The molecule has 0 aliphatic carbocycles. The van der Waals surface area contributed by atoms with Gasteiger partial charge in [-0.3, -0.25) is 4.79 Å². The van der Waals surface area contributed by atoms with Gasteiger partial charge in [-0.05, 0) is 33.4 Å². The van der Waals surface area contributed by atoms with Gasteiger partial charge in [0.15, 0.2) is 0 Å². The number of amides is 2. The van der Waals surface area contributed by atoms with Crippen molar-refractivity contribution in [3.8, 4) is 0 Å². The number of carboxylic acid groups (broad SMARTS) is 1. The Morgan fingerprint density at radius 3 is 2.78 bits per heavy atom. The molecule has 1 rings (SSSR count). The molecule has 1 unspecified atom stereocenters. The van der Waals surface area contributed by atoms with Crippen LogP contribution in [0.1, 0.15) is 25.7 Å². The highest BCUT2D eigenvalue weighted by Crippen LogP contribution is 2.17. The van der Waals surface area contributed by atoms with Crippen LogP contribution in [0.2, 0.25) is 0 Å². The molecule has 1 aliphatic heterocycles. The third kappa shape index (κ3) is 4.91. The molecule has 0 spiro atoms. The Bertz CT molecular complexity index is 294. The van der Waals surface area contributed by atoms with Gasteiger partial charge in [-0.15, -0.1) is 0 Å². The van der Waals surface area contributed by atoms with Gasteiger partial charge in [0.05, 0.1) is 0 Å². The minimum Gasteiger partial charge on any atom is -0.481 e. The SMILES string of the molecule is CN(C)CC1CCCN1C(=O)NCCCC(=O)O. The van der Waals surface area contributed by atoms with Crippen molar-refractivity contribution in [2.75, 3.05) is 33.7 Å². The van der Waals surface area contributed by atoms with Crippen LogP contribution in [-0.4, -0.2) is 66.7 Å². The maximum atomic E-state index is 11.9. The third-order valence-corrected chi connectivity index (χ3v) is 3.06. The van der Waals surface area contributed by atoms with Crippen molar-refractivity contribution in [2.24, 2.45) is 0 Å². The van der Waals surface area contributed by atoms with Crippen LogP contribution in [0.15, 0.2) is 0 Å². The number of nitrogens with one attached hydrogen (secondary N) is 1. The first-order valence-corrected chi connectivity index (χ1v) is 6.41. The highest BCUT2D eigenvalue weighted by atomic mass is 16.4. The molecule has 1 atom stereocenters. The molecule has 1 heterocycles. The Hall–Kier alpha value is -1.30. The number of likely N-dealkylation sites (N-methyl/N-ethyl adjacent to an activating group) is 1. The molecule has 18 heavy (non-hydrogen) atoms. The van der Waals surface area contributed by atoms with Gasteiger partial charge in [0.25, 0.3) is 0 Å². The van der Waals surface area contributed by atoms with E-state index in [-0.39, 0.29) is 18.5 Å². The monoisotopic (exact) mass is 257 g/mol. The predicted molar refractivity (Wildman–Crippen MR) is 68.6 cm³/mol. The van der Waals surface area contributed by atoms with Crippen molar-refractivity contribution in [1.82, 2.24) is 15.1 Å². The lowest BCUT2D eigenvalue weighted by Crippen LogP contribution is -2.46. The fourth-order valence-corrected chi connectivity index (χ4v) is 2.25. The maximum absolute atomic E-state index is 11.9. The van der Waals surface area contributed by atoms with Crippen molar-refractivity contribution in [3.05, 3.63) is 0 Å². The zero-order chi connectivity index (χ0) is 13.5. The summed E-state index contributed by atoms with van der Waals surface area (Å²) in [7, 11) is 4.00. The summed E-state index contributed by atoms with van der Waals surface area (Å²) in [4.78, 5) is 26.2. The number of carbonyl (C=O) groups is 2. The number of rotatable bonds is 6. The molecule has 1 fully saturated rings. The van der Waals surface area contributed by atoms with Crippen molar-refractivity contribution < 1.29 is 14.7 Å². The lowest BCUT2D eigenvalue weighted by Gasteiger charge is -2.27. The lowest BCUT2D eigenvalue weighted by molar-refractivity contribution is -0.137. The van der Waals surface area contributed by atoms with Gasteiger partial charge < -0.3 is 20.2 Å². The Morgan fingerprint density at radius 2 is 2.17 bits per heavy atom. The van der Waals surface area contributed by atoms with E-state index in [2.05, 4.69) is 10.2 Å². The van der Waals surface area contributed by atoms with Gasteiger partial charge in [0.2, 0.25) is 0 Å². The summed E-state index contributed by atoms with van der Waals surface area (Å²) < 4.78 is 0. The van der Waals surface area contributed by atoms with E-state index >= 15 is 0 Å². The number of aliphatic carboxylic acids is 1. The fourth-order valence-electron chi connectivity index (χ4n) is 2.25. The molecule has 1 saturated heterocycles. The molecule has 6 heteroatoms. The van der Waals surface area contributed by atoms with E-state index < -0.39 is 5.97 Å². The lowest BCUT2D eigenvalue weighted by atomic mass is 10.2. The molecule has 6 nitrogen and oxygen atoms in total. The van der Waals surface area contributed by atoms with E-state index in [1.165, 1.54) is 0 Å². The largest absolute Gasteiger partial charge is 0.481 e. The molecule has 104 valence electrons. The Labute approximate surface area is 108 Å². The second-order valence-electron chi connectivity index (χ2n) is 4.98. The van der Waals surface area contributed by atoms with Gasteiger partial charge >= 0.3 is 12.0 Å². The fraction of sp³-hybridized carbons (Fsp3) is 0.833. The standard InChI is InChI=1S/C12H23N3O3/c1-14(2)9-10-5-4-8-15(10)12(18)13-7-3-6-11(16)17/h10H,3-9H2,1-2H3,(H,13,18)(H,16,17). The molecule has 0 bridgehead atoms. The van der Waals surface area contributed by atoms with Crippen molar-refractivity contribution in [1.29, 1.82) is 0 Å². The zero-order valence-electron chi connectivity index (χ0n) is 11.2. The number of hydrogen-bond acceptors (Lipinski definition) is 3. The van der Waals surface area contributed by atoms with E-state index in [0.717, 1.165) is 25.9 Å². The van der Waals surface area contributed by atoms with Gasteiger partial charge in [-0.1, -0.05) is 0 Å². The van der Waals surface area contributed by atoms with Crippen LogP contribution in [0.25, 0.3) is 0 Å². The van der Waals surface area contributed by atoms with E-state index in [9.17, 15) is 9.59 Å². The Balaban J connectivity index is 2.29. The molecule has 0 aromatic rings. The molecular weight excluding hydrogens is 234 g/mol. The minimum atomic E-state index is -0.823.